The van der Waals surface area contributed by atoms with Crippen molar-refractivity contribution in [1.82, 2.24) is 4.90 Å². The van der Waals surface area contributed by atoms with Gasteiger partial charge in [-0.2, -0.15) is 0 Å². The highest BCUT2D eigenvalue weighted by Gasteiger charge is 2.28. The van der Waals surface area contributed by atoms with Crippen LogP contribution >= 0.6 is 11.8 Å². The first-order valence-corrected chi connectivity index (χ1v) is 5.44. The average molecular weight is 209 g/mol. The van der Waals surface area contributed by atoms with Crippen molar-refractivity contribution >= 4 is 17.7 Å². The van der Waals surface area contributed by atoms with Gasteiger partial charge < -0.3 is 4.90 Å². The van der Waals surface area contributed by atoms with Crippen LogP contribution in [0.4, 0.5) is 0 Å². The molecule has 3 heteroatoms. The number of carbonyl (C=O) groups excluding carboxylic acids is 1. The van der Waals surface area contributed by atoms with Crippen LogP contribution in [0.2, 0.25) is 0 Å². The van der Waals surface area contributed by atoms with Crippen LogP contribution in [0.15, 0.2) is 35.8 Å². The number of likely N-dealkylation sites (N-methyl/N-ethyl adjacent to an activating group) is 1. The minimum absolute atomic E-state index is 0.0836. The molecule has 0 bridgehead atoms. The Morgan fingerprint density at radius 3 is 2.86 bits per heavy atom. The molecule has 0 aromatic carbocycles. The highest BCUT2D eigenvalue weighted by molar-refractivity contribution is 8.03. The van der Waals surface area contributed by atoms with Gasteiger partial charge in [-0.15, -0.1) is 11.8 Å². The lowest BCUT2D eigenvalue weighted by atomic mass is 10.1. The lowest BCUT2D eigenvalue weighted by molar-refractivity contribution is -0.128. The fraction of sp³-hybridized carbons (Fsp3) is 0.364. The first kappa shape index (κ1) is 11.1. The molecule has 1 heterocycles. The van der Waals surface area contributed by atoms with E-state index in [1.165, 1.54) is 0 Å². The van der Waals surface area contributed by atoms with Gasteiger partial charge in [0.25, 0.3) is 0 Å². The molecule has 1 amide bonds. The molecular weight excluding hydrogens is 194 g/mol. The van der Waals surface area contributed by atoms with Crippen LogP contribution in [0, 0.1) is 0 Å². The van der Waals surface area contributed by atoms with Crippen molar-refractivity contribution in [2.45, 2.75) is 13.0 Å². The van der Waals surface area contributed by atoms with Crippen LogP contribution in [0.25, 0.3) is 0 Å². The molecule has 0 aromatic rings. The normalized spacial score (nSPS) is 24.0. The number of carbonyl (C=O) groups is 1. The van der Waals surface area contributed by atoms with Crippen LogP contribution in [-0.4, -0.2) is 29.6 Å². The molecule has 0 radical (unpaired) electrons. The lowest BCUT2D eigenvalue weighted by Crippen LogP contribution is -2.36. The lowest BCUT2D eigenvalue weighted by Gasteiger charge is -2.23. The van der Waals surface area contributed by atoms with E-state index in [9.17, 15) is 4.79 Å². The molecule has 0 N–H and O–H groups in total. The van der Waals surface area contributed by atoms with E-state index in [2.05, 4.69) is 13.2 Å². The molecule has 1 atom stereocenters. The quantitative estimate of drug-likeness (QED) is 0.695. The summed E-state index contributed by atoms with van der Waals surface area (Å²) in [4.78, 5) is 14.0. The molecule has 14 heavy (non-hydrogen) atoms. The summed E-state index contributed by atoms with van der Waals surface area (Å²) in [6.45, 7) is 9.20. The molecule has 2 nitrogen and oxygen atoms in total. The third-order valence-electron chi connectivity index (χ3n) is 2.36. The van der Waals surface area contributed by atoms with Gasteiger partial charge in [0.1, 0.15) is 0 Å². The molecule has 0 aliphatic carbocycles. The van der Waals surface area contributed by atoms with Crippen LogP contribution in [0.3, 0.4) is 0 Å². The standard InChI is InChI=1S/C11H15NOS/c1-5-6-10-8(2)14-7-11(10)12(4)9(3)13/h5-6,11H,1-2,7H2,3-4H3/b10-6+. The van der Waals surface area contributed by atoms with E-state index in [1.807, 2.05) is 13.1 Å². The smallest absolute Gasteiger partial charge is 0.219 e. The van der Waals surface area contributed by atoms with Crippen molar-refractivity contribution < 1.29 is 4.79 Å². The van der Waals surface area contributed by atoms with E-state index in [-0.39, 0.29) is 11.9 Å². The molecule has 0 aromatic heterocycles. The molecule has 1 unspecified atom stereocenters. The van der Waals surface area contributed by atoms with Crippen molar-refractivity contribution in [2.24, 2.45) is 0 Å². The monoisotopic (exact) mass is 209 g/mol. The number of nitrogens with zero attached hydrogens (tertiary/aromatic N) is 1. The van der Waals surface area contributed by atoms with Gasteiger partial charge in [0, 0.05) is 24.6 Å². The van der Waals surface area contributed by atoms with Crippen LogP contribution < -0.4 is 0 Å². The number of amides is 1. The molecule has 1 aliphatic rings. The Hall–Kier alpha value is -0.960. The fourth-order valence-electron chi connectivity index (χ4n) is 1.41. The molecule has 1 aliphatic heterocycles. The number of thioether (sulfide) groups is 1. The van der Waals surface area contributed by atoms with Crippen molar-refractivity contribution in [1.29, 1.82) is 0 Å². The van der Waals surface area contributed by atoms with Gasteiger partial charge in [0.2, 0.25) is 5.91 Å². The van der Waals surface area contributed by atoms with Gasteiger partial charge in [-0.25, -0.2) is 0 Å². The number of rotatable bonds is 2. The Balaban J connectivity index is 2.89. The molecule has 0 saturated carbocycles. The summed E-state index contributed by atoms with van der Waals surface area (Å²) in [6.07, 6.45) is 3.68. The zero-order valence-electron chi connectivity index (χ0n) is 8.62. The van der Waals surface area contributed by atoms with E-state index in [1.54, 1.807) is 29.7 Å². The summed E-state index contributed by atoms with van der Waals surface area (Å²) in [5.74, 6) is 0.981. The predicted molar refractivity (Wildman–Crippen MR) is 62.1 cm³/mol. The van der Waals surface area contributed by atoms with Gasteiger partial charge in [-0.3, -0.25) is 4.79 Å². The van der Waals surface area contributed by atoms with Crippen molar-refractivity contribution in [3.05, 3.63) is 35.8 Å². The highest BCUT2D eigenvalue weighted by Crippen LogP contribution is 2.36. The van der Waals surface area contributed by atoms with Crippen molar-refractivity contribution in [3.63, 3.8) is 0 Å². The van der Waals surface area contributed by atoms with Crippen LogP contribution in [0.5, 0.6) is 0 Å². The maximum Gasteiger partial charge on any atom is 0.219 e. The van der Waals surface area contributed by atoms with E-state index < -0.39 is 0 Å². The maximum absolute atomic E-state index is 11.2. The van der Waals surface area contributed by atoms with E-state index in [0.29, 0.717) is 0 Å². The zero-order valence-corrected chi connectivity index (χ0v) is 9.43. The molecule has 1 rings (SSSR count). The topological polar surface area (TPSA) is 20.3 Å². The Bertz CT molecular complexity index is 306. The summed E-state index contributed by atoms with van der Waals surface area (Å²) in [5.41, 5.74) is 1.11. The van der Waals surface area contributed by atoms with E-state index in [0.717, 1.165) is 16.2 Å². The van der Waals surface area contributed by atoms with Crippen LogP contribution in [-0.2, 0) is 4.79 Å². The zero-order chi connectivity index (χ0) is 10.7. The summed E-state index contributed by atoms with van der Waals surface area (Å²) in [6, 6.07) is 0.156. The largest absolute Gasteiger partial charge is 0.338 e. The second-order valence-corrected chi connectivity index (χ2v) is 4.35. The summed E-state index contributed by atoms with van der Waals surface area (Å²) >= 11 is 1.69. The van der Waals surface area contributed by atoms with Gasteiger partial charge >= 0.3 is 0 Å². The van der Waals surface area contributed by atoms with E-state index in [4.69, 9.17) is 0 Å². The molecule has 1 saturated heterocycles. The van der Waals surface area contributed by atoms with E-state index >= 15 is 0 Å². The summed E-state index contributed by atoms with van der Waals surface area (Å²) in [5, 5.41) is 0. The highest BCUT2D eigenvalue weighted by atomic mass is 32.2. The maximum atomic E-state index is 11.2. The minimum Gasteiger partial charge on any atom is -0.338 e. The van der Waals surface area contributed by atoms with Gasteiger partial charge in [-0.1, -0.05) is 25.3 Å². The molecule has 76 valence electrons. The second-order valence-electron chi connectivity index (χ2n) is 3.24. The van der Waals surface area contributed by atoms with Gasteiger partial charge in [0.05, 0.1) is 6.04 Å². The SMILES string of the molecule is C=C/C=C1\C(=C)SCC1N(C)C(C)=O. The average Bonchev–Trinajstić information content (AvgIpc) is 2.48. The summed E-state index contributed by atoms with van der Waals surface area (Å²) < 4.78 is 0. The van der Waals surface area contributed by atoms with Crippen LogP contribution in [0.1, 0.15) is 6.92 Å². The number of hydrogen-bond donors (Lipinski definition) is 0. The predicted octanol–water partition coefficient (Wildman–Crippen LogP) is 2.21. The van der Waals surface area contributed by atoms with Gasteiger partial charge in [0.15, 0.2) is 0 Å². The third-order valence-corrected chi connectivity index (χ3v) is 3.42. The Labute approximate surface area is 89.4 Å². The molecule has 0 spiro atoms. The first-order chi connectivity index (χ1) is 6.57. The number of hydrogen-bond acceptors (Lipinski definition) is 2. The molecule has 1 fully saturated rings. The second kappa shape index (κ2) is 4.51. The van der Waals surface area contributed by atoms with Crippen molar-refractivity contribution in [3.8, 4) is 0 Å². The fourth-order valence-corrected chi connectivity index (χ4v) is 2.54. The number of allylic oxidation sites excluding steroid dienone is 2. The minimum atomic E-state index is 0.0836. The van der Waals surface area contributed by atoms with Crippen molar-refractivity contribution in [2.75, 3.05) is 12.8 Å². The third kappa shape index (κ3) is 2.10. The Kier molecular flexibility index (Phi) is 3.58. The Morgan fingerprint density at radius 1 is 1.71 bits per heavy atom. The first-order valence-electron chi connectivity index (χ1n) is 4.46. The van der Waals surface area contributed by atoms with Gasteiger partial charge in [-0.05, 0) is 5.57 Å². The molecular formula is C11H15NOS. The summed E-state index contributed by atoms with van der Waals surface area (Å²) in [7, 11) is 1.82. The Morgan fingerprint density at radius 2 is 2.36 bits per heavy atom.